The number of nitrogens with zero attached hydrogens (tertiary/aromatic N) is 1. The molecule has 25 heavy (non-hydrogen) atoms. The molecule has 1 heterocycles. The molecule has 5 heteroatoms. The first-order valence-electron chi connectivity index (χ1n) is 8.66. The Kier molecular flexibility index (Phi) is 5.53. The summed E-state index contributed by atoms with van der Waals surface area (Å²) in [5.74, 6) is 0.0529. The Morgan fingerprint density at radius 2 is 1.92 bits per heavy atom. The number of para-hydroxylation sites is 1. The third-order valence-electron chi connectivity index (χ3n) is 4.38. The number of carbonyl (C=O) groups is 1. The van der Waals surface area contributed by atoms with Crippen molar-refractivity contribution in [3.63, 3.8) is 0 Å². The zero-order chi connectivity index (χ0) is 17.6. The second kappa shape index (κ2) is 8.01. The van der Waals surface area contributed by atoms with Crippen LogP contribution in [0.25, 0.3) is 0 Å². The fraction of sp³-hybridized carbons (Fsp3) is 0.350. The van der Waals surface area contributed by atoms with Crippen molar-refractivity contribution in [1.82, 2.24) is 0 Å². The van der Waals surface area contributed by atoms with E-state index in [0.717, 1.165) is 31.5 Å². The van der Waals surface area contributed by atoms with Crippen molar-refractivity contribution in [1.29, 1.82) is 0 Å². The normalized spacial score (nSPS) is 14.2. The Morgan fingerprint density at radius 1 is 1.16 bits per heavy atom. The third kappa shape index (κ3) is 4.50. The van der Waals surface area contributed by atoms with Crippen molar-refractivity contribution in [3.05, 3.63) is 53.8 Å². The van der Waals surface area contributed by atoms with Crippen LogP contribution in [0.5, 0.6) is 5.75 Å². The third-order valence-corrected chi connectivity index (χ3v) is 4.38. The molecule has 3 rings (SSSR count). The lowest BCUT2D eigenvalue weighted by atomic mass is 10.1. The molecule has 0 aromatic heterocycles. The monoisotopic (exact) mass is 342 g/mol. The van der Waals surface area contributed by atoms with Gasteiger partial charge in [0.05, 0.1) is 5.69 Å². The van der Waals surface area contributed by atoms with Gasteiger partial charge in [-0.25, -0.2) is 4.39 Å². The van der Waals surface area contributed by atoms with Crippen LogP contribution in [0.15, 0.2) is 42.5 Å². The zero-order valence-electron chi connectivity index (χ0n) is 14.4. The molecule has 0 radical (unpaired) electrons. The average Bonchev–Trinajstić information content (AvgIpc) is 2.62. The Bertz CT molecular complexity index is 742. The van der Waals surface area contributed by atoms with Gasteiger partial charge in [-0.1, -0.05) is 18.2 Å². The van der Waals surface area contributed by atoms with Gasteiger partial charge >= 0.3 is 0 Å². The van der Waals surface area contributed by atoms with Crippen molar-refractivity contribution < 1.29 is 13.9 Å². The van der Waals surface area contributed by atoms with Crippen LogP contribution in [0.2, 0.25) is 0 Å². The van der Waals surface area contributed by atoms with Crippen LogP contribution in [0.4, 0.5) is 15.8 Å². The zero-order valence-corrected chi connectivity index (χ0v) is 14.4. The molecular weight excluding hydrogens is 319 g/mol. The van der Waals surface area contributed by atoms with Gasteiger partial charge in [-0.15, -0.1) is 0 Å². The van der Waals surface area contributed by atoms with Gasteiger partial charge in [0.25, 0.3) is 5.91 Å². The van der Waals surface area contributed by atoms with Crippen molar-refractivity contribution in [2.24, 2.45) is 0 Å². The van der Waals surface area contributed by atoms with Gasteiger partial charge in [0.1, 0.15) is 11.6 Å². The maximum Gasteiger partial charge on any atom is 0.262 e. The van der Waals surface area contributed by atoms with Gasteiger partial charge < -0.3 is 15.0 Å². The maximum atomic E-state index is 14.4. The van der Waals surface area contributed by atoms with E-state index < -0.39 is 0 Å². The summed E-state index contributed by atoms with van der Waals surface area (Å²) in [6.07, 6.45) is 3.38. The van der Waals surface area contributed by atoms with Gasteiger partial charge in [-0.3, -0.25) is 4.79 Å². The molecule has 1 aliphatic heterocycles. The molecular formula is C20H23FN2O2. The second-order valence-corrected chi connectivity index (χ2v) is 6.32. The molecule has 4 nitrogen and oxygen atoms in total. The quantitative estimate of drug-likeness (QED) is 0.888. The molecule has 1 fully saturated rings. The number of carbonyl (C=O) groups excluding carboxylic acids is 1. The molecule has 132 valence electrons. The van der Waals surface area contributed by atoms with Gasteiger partial charge in [-0.05, 0) is 56.0 Å². The van der Waals surface area contributed by atoms with E-state index in [2.05, 4.69) is 10.2 Å². The van der Waals surface area contributed by atoms with E-state index >= 15 is 0 Å². The maximum absolute atomic E-state index is 14.4. The van der Waals surface area contributed by atoms with Crippen LogP contribution in [0.3, 0.4) is 0 Å². The fourth-order valence-corrected chi connectivity index (χ4v) is 3.03. The minimum absolute atomic E-state index is 0.111. The van der Waals surface area contributed by atoms with E-state index in [4.69, 9.17) is 4.74 Å². The van der Waals surface area contributed by atoms with Crippen LogP contribution >= 0.6 is 0 Å². The van der Waals surface area contributed by atoms with Crippen LogP contribution in [-0.4, -0.2) is 25.6 Å². The molecule has 1 aliphatic rings. The minimum atomic E-state index is -0.312. The van der Waals surface area contributed by atoms with E-state index in [1.807, 2.05) is 31.2 Å². The van der Waals surface area contributed by atoms with Gasteiger partial charge in [-0.2, -0.15) is 0 Å². The minimum Gasteiger partial charge on any atom is -0.483 e. The Balaban J connectivity index is 1.58. The predicted octanol–water partition coefficient (Wildman–Crippen LogP) is 4.14. The predicted molar refractivity (Wildman–Crippen MR) is 97.8 cm³/mol. The number of rotatable bonds is 5. The molecule has 0 atom stereocenters. The second-order valence-electron chi connectivity index (χ2n) is 6.32. The topological polar surface area (TPSA) is 41.6 Å². The van der Waals surface area contributed by atoms with E-state index in [1.54, 1.807) is 12.1 Å². The highest BCUT2D eigenvalue weighted by Crippen LogP contribution is 2.25. The van der Waals surface area contributed by atoms with E-state index in [0.29, 0.717) is 17.1 Å². The molecule has 1 saturated heterocycles. The lowest BCUT2D eigenvalue weighted by molar-refractivity contribution is -0.118. The molecule has 0 saturated carbocycles. The van der Waals surface area contributed by atoms with Crippen molar-refractivity contribution in [2.75, 3.05) is 29.9 Å². The number of hydrogen-bond acceptors (Lipinski definition) is 3. The summed E-state index contributed by atoms with van der Waals surface area (Å²) in [5, 5.41) is 2.68. The number of ether oxygens (including phenoxy) is 1. The number of piperidine rings is 1. The summed E-state index contributed by atoms with van der Waals surface area (Å²) >= 11 is 0. The molecule has 0 spiro atoms. The largest absolute Gasteiger partial charge is 0.483 e. The number of amides is 1. The lowest BCUT2D eigenvalue weighted by Crippen LogP contribution is -2.30. The first kappa shape index (κ1) is 17.3. The summed E-state index contributed by atoms with van der Waals surface area (Å²) in [7, 11) is 0. The lowest BCUT2D eigenvalue weighted by Gasteiger charge is -2.29. The molecule has 1 N–H and O–H groups in total. The molecule has 0 aliphatic carbocycles. The van der Waals surface area contributed by atoms with Crippen LogP contribution in [-0.2, 0) is 4.79 Å². The molecule has 0 unspecified atom stereocenters. The summed E-state index contributed by atoms with van der Waals surface area (Å²) in [5.41, 5.74) is 2.01. The number of aryl methyl sites for hydroxylation is 1. The van der Waals surface area contributed by atoms with Crippen LogP contribution in [0.1, 0.15) is 24.8 Å². The fourth-order valence-electron chi connectivity index (χ4n) is 3.03. The molecule has 2 aromatic rings. The summed E-state index contributed by atoms with van der Waals surface area (Å²) < 4.78 is 19.9. The van der Waals surface area contributed by atoms with E-state index in [9.17, 15) is 9.18 Å². The smallest absolute Gasteiger partial charge is 0.262 e. The number of halogens is 1. The summed E-state index contributed by atoms with van der Waals surface area (Å²) in [4.78, 5) is 14.1. The SMILES string of the molecule is Cc1ccccc1OCC(=O)Nc1ccc(N2CCCCC2)c(F)c1. The van der Waals surface area contributed by atoms with Gasteiger partial charge in [0.15, 0.2) is 6.61 Å². The summed E-state index contributed by atoms with van der Waals surface area (Å²) in [6.45, 7) is 3.57. The standard InChI is InChI=1S/C20H23FN2O2/c1-15-7-3-4-8-19(15)25-14-20(24)22-16-9-10-18(17(21)13-16)23-11-5-2-6-12-23/h3-4,7-10,13H,2,5-6,11-12,14H2,1H3,(H,22,24). The molecule has 1 amide bonds. The highest BCUT2D eigenvalue weighted by Gasteiger charge is 2.15. The number of hydrogen-bond donors (Lipinski definition) is 1. The van der Waals surface area contributed by atoms with Crippen LogP contribution in [0, 0.1) is 12.7 Å². The first-order chi connectivity index (χ1) is 12.1. The Morgan fingerprint density at radius 3 is 2.64 bits per heavy atom. The van der Waals surface area contributed by atoms with E-state index in [-0.39, 0.29) is 18.3 Å². The number of nitrogens with one attached hydrogen (secondary N) is 1. The first-order valence-corrected chi connectivity index (χ1v) is 8.66. The Hall–Kier alpha value is -2.56. The van der Waals surface area contributed by atoms with Gasteiger partial charge in [0, 0.05) is 18.8 Å². The summed E-state index contributed by atoms with van der Waals surface area (Å²) in [6, 6.07) is 12.3. The Labute approximate surface area is 147 Å². The molecule has 0 bridgehead atoms. The van der Waals surface area contributed by atoms with Crippen molar-refractivity contribution >= 4 is 17.3 Å². The van der Waals surface area contributed by atoms with Crippen molar-refractivity contribution in [2.45, 2.75) is 26.2 Å². The van der Waals surface area contributed by atoms with Crippen LogP contribution < -0.4 is 15.0 Å². The van der Waals surface area contributed by atoms with Gasteiger partial charge in [0.2, 0.25) is 0 Å². The molecule has 2 aromatic carbocycles. The van der Waals surface area contributed by atoms with E-state index in [1.165, 1.54) is 12.5 Å². The average molecular weight is 342 g/mol. The number of benzene rings is 2. The highest BCUT2D eigenvalue weighted by molar-refractivity contribution is 5.92. The number of anilines is 2. The highest BCUT2D eigenvalue weighted by atomic mass is 19.1. The van der Waals surface area contributed by atoms with Crippen molar-refractivity contribution in [3.8, 4) is 5.75 Å².